The van der Waals surface area contributed by atoms with Crippen LogP contribution >= 0.6 is 0 Å². The van der Waals surface area contributed by atoms with Gasteiger partial charge in [0.15, 0.2) is 0 Å². The Hall–Kier alpha value is -3.58. The molecule has 2 N–H and O–H groups in total. The molecule has 0 amide bonds. The standard InChI is InChI=1S/C24H21FN6/c25-19-4-6-31(14-19)13-15-7-17(11-27-10-15)16-1-2-22-20(8-16)24(30-29-22)23-9-18-12-26-5-3-21(18)28-23/h1-3,5,7-12,19,28H,4,6,13-14H2,(H,29,30). The van der Waals surface area contributed by atoms with E-state index in [4.69, 9.17) is 0 Å². The van der Waals surface area contributed by atoms with Gasteiger partial charge in [0.25, 0.3) is 0 Å². The summed E-state index contributed by atoms with van der Waals surface area (Å²) in [4.78, 5) is 14.2. The number of nitrogens with zero attached hydrogens (tertiary/aromatic N) is 4. The Morgan fingerprint density at radius 3 is 2.84 bits per heavy atom. The van der Waals surface area contributed by atoms with E-state index in [1.54, 1.807) is 6.20 Å². The Morgan fingerprint density at radius 2 is 1.97 bits per heavy atom. The molecule has 0 aliphatic carbocycles. The zero-order valence-corrected chi connectivity index (χ0v) is 16.8. The summed E-state index contributed by atoms with van der Waals surface area (Å²) in [6, 6.07) is 12.4. The van der Waals surface area contributed by atoms with E-state index in [0.29, 0.717) is 13.0 Å². The number of aromatic amines is 2. The second-order valence-corrected chi connectivity index (χ2v) is 8.18. The van der Waals surface area contributed by atoms with Gasteiger partial charge >= 0.3 is 0 Å². The maximum atomic E-state index is 13.5. The van der Waals surface area contributed by atoms with Gasteiger partial charge in [-0.25, -0.2) is 4.39 Å². The summed E-state index contributed by atoms with van der Waals surface area (Å²) in [6.45, 7) is 2.04. The SMILES string of the molecule is FC1CCN(Cc2cncc(-c3ccc4[nH]nc(-c5cc6cnccc6[nH]5)c4c3)c2)C1. The van der Waals surface area contributed by atoms with Gasteiger partial charge in [-0.2, -0.15) is 5.10 Å². The van der Waals surface area contributed by atoms with Gasteiger partial charge < -0.3 is 4.98 Å². The van der Waals surface area contributed by atoms with Crippen molar-refractivity contribution in [1.82, 2.24) is 30.0 Å². The van der Waals surface area contributed by atoms with Crippen LogP contribution in [-0.2, 0) is 6.54 Å². The zero-order valence-electron chi connectivity index (χ0n) is 16.8. The van der Waals surface area contributed by atoms with Crippen LogP contribution in [-0.4, -0.2) is 49.3 Å². The van der Waals surface area contributed by atoms with Crippen LogP contribution in [0, 0.1) is 0 Å². The fourth-order valence-corrected chi connectivity index (χ4v) is 4.42. The molecule has 1 atom stereocenters. The molecule has 1 fully saturated rings. The van der Waals surface area contributed by atoms with Crippen molar-refractivity contribution in [3.8, 4) is 22.5 Å². The minimum Gasteiger partial charge on any atom is -0.353 e. The van der Waals surface area contributed by atoms with Gasteiger partial charge in [-0.3, -0.25) is 20.0 Å². The predicted octanol–water partition coefficient (Wildman–Crippen LogP) is 4.71. The lowest BCUT2D eigenvalue weighted by atomic mass is 10.0. The predicted molar refractivity (Wildman–Crippen MR) is 119 cm³/mol. The number of fused-ring (bicyclic) bond motifs is 2. The highest BCUT2D eigenvalue weighted by molar-refractivity contribution is 5.97. The molecular weight excluding hydrogens is 391 g/mol. The molecule has 0 saturated carbocycles. The average molecular weight is 412 g/mol. The van der Waals surface area contributed by atoms with Gasteiger partial charge in [0.2, 0.25) is 0 Å². The van der Waals surface area contributed by atoms with Crippen LogP contribution in [0.25, 0.3) is 44.3 Å². The summed E-state index contributed by atoms with van der Waals surface area (Å²) in [5.41, 5.74) is 7.06. The van der Waals surface area contributed by atoms with Crippen molar-refractivity contribution in [2.45, 2.75) is 19.1 Å². The van der Waals surface area contributed by atoms with Crippen molar-refractivity contribution >= 4 is 21.8 Å². The first-order chi connectivity index (χ1) is 15.2. The minimum absolute atomic E-state index is 0.509. The highest BCUT2D eigenvalue weighted by atomic mass is 19.1. The third-order valence-corrected chi connectivity index (χ3v) is 5.99. The Bertz CT molecular complexity index is 1350. The Balaban J connectivity index is 1.36. The molecule has 1 saturated heterocycles. The minimum atomic E-state index is -0.710. The number of pyridine rings is 2. The highest BCUT2D eigenvalue weighted by Gasteiger charge is 2.21. The van der Waals surface area contributed by atoms with Crippen LogP contribution < -0.4 is 0 Å². The summed E-state index contributed by atoms with van der Waals surface area (Å²) < 4.78 is 13.5. The molecule has 154 valence electrons. The first-order valence-corrected chi connectivity index (χ1v) is 10.4. The molecular formula is C24H21FN6. The van der Waals surface area contributed by atoms with Crippen LogP contribution in [0.5, 0.6) is 0 Å². The van der Waals surface area contributed by atoms with Gasteiger partial charge in [0, 0.05) is 66.3 Å². The van der Waals surface area contributed by atoms with Gasteiger partial charge in [-0.05, 0) is 47.9 Å². The summed E-state index contributed by atoms with van der Waals surface area (Å²) in [6.07, 6.45) is 7.28. The van der Waals surface area contributed by atoms with Crippen LogP contribution in [0.3, 0.4) is 0 Å². The van der Waals surface area contributed by atoms with E-state index in [9.17, 15) is 4.39 Å². The Kier molecular flexibility index (Phi) is 4.28. The molecule has 0 bridgehead atoms. The van der Waals surface area contributed by atoms with Gasteiger partial charge in [0.05, 0.1) is 11.2 Å². The largest absolute Gasteiger partial charge is 0.353 e. The maximum absolute atomic E-state index is 13.5. The van der Waals surface area contributed by atoms with Gasteiger partial charge in [0.1, 0.15) is 11.9 Å². The quantitative estimate of drug-likeness (QED) is 0.448. The lowest BCUT2D eigenvalue weighted by molar-refractivity contribution is 0.282. The summed E-state index contributed by atoms with van der Waals surface area (Å²) in [5, 5.41) is 9.78. The van der Waals surface area contributed by atoms with Crippen LogP contribution in [0.15, 0.2) is 61.2 Å². The van der Waals surface area contributed by atoms with E-state index < -0.39 is 6.17 Å². The van der Waals surface area contributed by atoms with Crippen LogP contribution in [0.2, 0.25) is 0 Å². The van der Waals surface area contributed by atoms with Crippen molar-refractivity contribution in [2.24, 2.45) is 0 Å². The summed E-state index contributed by atoms with van der Waals surface area (Å²) in [5.74, 6) is 0. The van der Waals surface area contributed by atoms with Crippen molar-refractivity contribution < 1.29 is 4.39 Å². The number of H-pyrrole nitrogens is 2. The van der Waals surface area contributed by atoms with E-state index >= 15 is 0 Å². The first kappa shape index (κ1) is 18.2. The van der Waals surface area contributed by atoms with Crippen molar-refractivity contribution in [1.29, 1.82) is 0 Å². The number of hydrogen-bond donors (Lipinski definition) is 2. The number of halogens is 1. The normalized spacial score (nSPS) is 17.1. The van der Waals surface area contributed by atoms with Crippen LogP contribution in [0.4, 0.5) is 4.39 Å². The monoisotopic (exact) mass is 412 g/mol. The smallest absolute Gasteiger partial charge is 0.116 e. The van der Waals surface area contributed by atoms with Crippen LogP contribution in [0.1, 0.15) is 12.0 Å². The average Bonchev–Trinajstić information content (AvgIpc) is 3.51. The molecule has 1 aliphatic heterocycles. The number of hydrogen-bond acceptors (Lipinski definition) is 4. The molecule has 7 heteroatoms. The highest BCUT2D eigenvalue weighted by Crippen LogP contribution is 2.31. The van der Waals surface area contributed by atoms with Crippen molar-refractivity contribution in [3.05, 3.63) is 66.7 Å². The molecule has 1 aliphatic rings. The molecule has 6 nitrogen and oxygen atoms in total. The molecule has 31 heavy (non-hydrogen) atoms. The van der Waals surface area contributed by atoms with E-state index in [-0.39, 0.29) is 0 Å². The second-order valence-electron chi connectivity index (χ2n) is 8.18. The summed E-state index contributed by atoms with van der Waals surface area (Å²) >= 11 is 0. The number of alkyl halides is 1. The third-order valence-electron chi connectivity index (χ3n) is 5.99. The molecule has 5 aromatic rings. The van der Waals surface area contributed by atoms with E-state index in [0.717, 1.165) is 63.0 Å². The maximum Gasteiger partial charge on any atom is 0.116 e. The van der Waals surface area contributed by atoms with E-state index in [2.05, 4.69) is 54.3 Å². The number of benzene rings is 1. The second kappa shape index (κ2) is 7.28. The Labute approximate surface area is 178 Å². The third kappa shape index (κ3) is 3.37. The van der Waals surface area contributed by atoms with Crippen molar-refractivity contribution in [3.63, 3.8) is 0 Å². The molecule has 1 aromatic carbocycles. The molecule has 6 rings (SSSR count). The zero-order chi connectivity index (χ0) is 20.8. The number of aromatic nitrogens is 5. The van der Waals surface area contributed by atoms with E-state index in [1.807, 2.05) is 30.7 Å². The first-order valence-electron chi connectivity index (χ1n) is 10.4. The fourth-order valence-electron chi connectivity index (χ4n) is 4.42. The summed E-state index contributed by atoms with van der Waals surface area (Å²) in [7, 11) is 0. The van der Waals surface area contributed by atoms with Gasteiger partial charge in [-0.15, -0.1) is 0 Å². The molecule has 4 aromatic heterocycles. The van der Waals surface area contributed by atoms with E-state index in [1.165, 1.54) is 0 Å². The lowest BCUT2D eigenvalue weighted by Crippen LogP contribution is -2.20. The number of rotatable bonds is 4. The molecule has 5 heterocycles. The molecule has 0 spiro atoms. The fraction of sp³-hybridized carbons (Fsp3) is 0.208. The molecule has 1 unspecified atom stereocenters. The van der Waals surface area contributed by atoms with Crippen molar-refractivity contribution in [2.75, 3.05) is 13.1 Å². The number of nitrogens with one attached hydrogen (secondary N) is 2. The molecule has 0 radical (unpaired) electrons. The number of likely N-dealkylation sites (tertiary alicyclic amines) is 1. The lowest BCUT2D eigenvalue weighted by Gasteiger charge is -2.15. The topological polar surface area (TPSA) is 73.5 Å². The van der Waals surface area contributed by atoms with Gasteiger partial charge in [-0.1, -0.05) is 6.07 Å². The Morgan fingerprint density at radius 1 is 1.00 bits per heavy atom.